The molecule has 16 heavy (non-hydrogen) atoms. The van der Waals surface area contributed by atoms with Gasteiger partial charge in [0.15, 0.2) is 5.82 Å². The van der Waals surface area contributed by atoms with Gasteiger partial charge in [-0.15, -0.1) is 0 Å². The lowest BCUT2D eigenvalue weighted by Crippen LogP contribution is -2.43. The molecule has 1 fully saturated rings. The third kappa shape index (κ3) is 1.70. The van der Waals surface area contributed by atoms with E-state index >= 15 is 0 Å². The predicted molar refractivity (Wildman–Crippen MR) is 68.9 cm³/mol. The summed E-state index contributed by atoms with van der Waals surface area (Å²) >= 11 is 3.50. The minimum absolute atomic E-state index is 1.02. The van der Waals surface area contributed by atoms with E-state index in [4.69, 9.17) is 0 Å². The monoisotopic (exact) mass is 280 g/mol. The second-order valence-electron chi connectivity index (χ2n) is 3.97. The molecule has 2 heterocycles. The van der Waals surface area contributed by atoms with E-state index in [2.05, 4.69) is 48.5 Å². The van der Waals surface area contributed by atoms with Gasteiger partial charge < -0.3 is 10.2 Å². The fourth-order valence-corrected chi connectivity index (χ4v) is 2.45. The molecule has 0 radical (unpaired) electrons. The number of hydrogen-bond acceptors (Lipinski definition) is 3. The molecule has 4 nitrogen and oxygen atoms in total. The third-order valence-corrected chi connectivity index (χ3v) is 3.41. The maximum Gasteiger partial charge on any atom is 0.158 e. The number of benzene rings is 1. The number of piperazine rings is 1. The summed E-state index contributed by atoms with van der Waals surface area (Å²) < 4.78 is 1.10. The van der Waals surface area contributed by atoms with Crippen molar-refractivity contribution in [3.05, 3.63) is 22.7 Å². The molecule has 1 aliphatic heterocycles. The second-order valence-corrected chi connectivity index (χ2v) is 4.89. The molecule has 0 spiro atoms. The molecule has 1 aromatic heterocycles. The minimum atomic E-state index is 1.02. The van der Waals surface area contributed by atoms with Gasteiger partial charge in [-0.2, -0.15) is 5.10 Å². The molecule has 2 aromatic rings. The summed E-state index contributed by atoms with van der Waals surface area (Å²) in [6.45, 7) is 4.10. The molecule has 1 aromatic carbocycles. The Bertz CT molecular complexity index is 502. The van der Waals surface area contributed by atoms with Crippen LogP contribution in [-0.4, -0.2) is 36.4 Å². The number of H-pyrrole nitrogens is 1. The van der Waals surface area contributed by atoms with Crippen LogP contribution >= 0.6 is 15.9 Å². The smallest absolute Gasteiger partial charge is 0.158 e. The molecule has 1 aliphatic rings. The SMILES string of the molecule is Brc1ccc2[nH]nc(N3CCNCC3)c2c1. The lowest BCUT2D eigenvalue weighted by molar-refractivity contribution is 0.585. The quantitative estimate of drug-likeness (QED) is 0.836. The number of nitrogens with zero attached hydrogens (tertiary/aromatic N) is 2. The van der Waals surface area contributed by atoms with Gasteiger partial charge in [0.05, 0.1) is 5.52 Å². The van der Waals surface area contributed by atoms with Gasteiger partial charge in [-0.1, -0.05) is 15.9 Å². The topological polar surface area (TPSA) is 44.0 Å². The minimum Gasteiger partial charge on any atom is -0.352 e. The average molecular weight is 281 g/mol. The molecule has 0 saturated carbocycles. The van der Waals surface area contributed by atoms with Crippen molar-refractivity contribution in [1.29, 1.82) is 0 Å². The first-order chi connectivity index (χ1) is 7.84. The van der Waals surface area contributed by atoms with E-state index in [0.29, 0.717) is 0 Å². The maximum atomic E-state index is 4.41. The van der Waals surface area contributed by atoms with E-state index in [9.17, 15) is 0 Å². The highest BCUT2D eigenvalue weighted by atomic mass is 79.9. The van der Waals surface area contributed by atoms with Crippen molar-refractivity contribution in [1.82, 2.24) is 15.5 Å². The summed E-state index contributed by atoms with van der Waals surface area (Å²) in [7, 11) is 0. The van der Waals surface area contributed by atoms with Crippen LogP contribution in [0.25, 0.3) is 10.9 Å². The molecule has 5 heteroatoms. The number of halogens is 1. The third-order valence-electron chi connectivity index (χ3n) is 2.92. The van der Waals surface area contributed by atoms with Gasteiger partial charge in [0, 0.05) is 36.0 Å². The van der Waals surface area contributed by atoms with Crippen molar-refractivity contribution < 1.29 is 0 Å². The first-order valence-electron chi connectivity index (χ1n) is 5.44. The molecule has 0 amide bonds. The van der Waals surface area contributed by atoms with Crippen LogP contribution in [0.3, 0.4) is 0 Å². The number of fused-ring (bicyclic) bond motifs is 1. The van der Waals surface area contributed by atoms with E-state index in [1.54, 1.807) is 0 Å². The van der Waals surface area contributed by atoms with Crippen LogP contribution in [-0.2, 0) is 0 Å². The summed E-state index contributed by atoms with van der Waals surface area (Å²) in [5.41, 5.74) is 1.09. The van der Waals surface area contributed by atoms with E-state index in [0.717, 1.165) is 42.0 Å². The molecule has 1 saturated heterocycles. The second kappa shape index (κ2) is 4.07. The predicted octanol–water partition coefficient (Wildman–Crippen LogP) is 1.73. The van der Waals surface area contributed by atoms with Gasteiger partial charge in [0.1, 0.15) is 0 Å². The Kier molecular flexibility index (Phi) is 2.57. The zero-order chi connectivity index (χ0) is 11.0. The summed E-state index contributed by atoms with van der Waals surface area (Å²) in [6.07, 6.45) is 0. The molecular formula is C11H13BrN4. The highest BCUT2D eigenvalue weighted by molar-refractivity contribution is 9.10. The molecule has 0 atom stereocenters. The zero-order valence-electron chi connectivity index (χ0n) is 8.83. The van der Waals surface area contributed by atoms with E-state index in [1.165, 1.54) is 5.39 Å². The molecule has 0 aliphatic carbocycles. The number of nitrogens with one attached hydrogen (secondary N) is 2. The van der Waals surface area contributed by atoms with Crippen LogP contribution in [0.15, 0.2) is 22.7 Å². The number of anilines is 1. The van der Waals surface area contributed by atoms with Crippen molar-refractivity contribution in [3.63, 3.8) is 0 Å². The number of aromatic nitrogens is 2. The Labute approximate surface area is 102 Å². The summed E-state index contributed by atoms with van der Waals surface area (Å²) in [5.74, 6) is 1.07. The van der Waals surface area contributed by atoms with Crippen LogP contribution in [0, 0.1) is 0 Å². The zero-order valence-corrected chi connectivity index (χ0v) is 10.4. The van der Waals surface area contributed by atoms with Gasteiger partial charge >= 0.3 is 0 Å². The van der Waals surface area contributed by atoms with Gasteiger partial charge in [0.25, 0.3) is 0 Å². The highest BCUT2D eigenvalue weighted by Crippen LogP contribution is 2.27. The molecule has 0 unspecified atom stereocenters. The first-order valence-corrected chi connectivity index (χ1v) is 6.23. The van der Waals surface area contributed by atoms with Gasteiger partial charge in [0.2, 0.25) is 0 Å². The molecule has 2 N–H and O–H groups in total. The van der Waals surface area contributed by atoms with Crippen LogP contribution in [0.2, 0.25) is 0 Å². The van der Waals surface area contributed by atoms with Crippen molar-refractivity contribution in [2.75, 3.05) is 31.1 Å². The lowest BCUT2D eigenvalue weighted by Gasteiger charge is -2.27. The van der Waals surface area contributed by atoms with Gasteiger partial charge in [-0.3, -0.25) is 5.10 Å². The van der Waals surface area contributed by atoms with Crippen LogP contribution < -0.4 is 10.2 Å². The largest absolute Gasteiger partial charge is 0.352 e. The maximum absolute atomic E-state index is 4.41. The van der Waals surface area contributed by atoms with E-state index in [-0.39, 0.29) is 0 Å². The Morgan fingerprint density at radius 2 is 2.06 bits per heavy atom. The Balaban J connectivity index is 2.05. The standard InChI is InChI=1S/C11H13BrN4/c12-8-1-2-10-9(7-8)11(15-14-10)16-5-3-13-4-6-16/h1-2,7,13H,3-6H2,(H,14,15). The number of rotatable bonds is 1. The molecule has 84 valence electrons. The van der Waals surface area contributed by atoms with Crippen molar-refractivity contribution >= 4 is 32.7 Å². The molecular weight excluding hydrogens is 268 g/mol. The van der Waals surface area contributed by atoms with Crippen LogP contribution in [0.1, 0.15) is 0 Å². The summed E-state index contributed by atoms with van der Waals surface area (Å²) in [5, 5.41) is 12.0. The van der Waals surface area contributed by atoms with Gasteiger partial charge in [-0.25, -0.2) is 0 Å². The Morgan fingerprint density at radius 3 is 2.88 bits per heavy atom. The summed E-state index contributed by atoms with van der Waals surface area (Å²) in [6, 6.07) is 6.20. The number of hydrogen-bond donors (Lipinski definition) is 2. The Hall–Kier alpha value is -1.07. The van der Waals surface area contributed by atoms with E-state index in [1.807, 2.05) is 6.07 Å². The Morgan fingerprint density at radius 1 is 1.25 bits per heavy atom. The van der Waals surface area contributed by atoms with E-state index < -0.39 is 0 Å². The average Bonchev–Trinajstić information content (AvgIpc) is 2.73. The fraction of sp³-hybridized carbons (Fsp3) is 0.364. The number of aromatic amines is 1. The first kappa shape index (κ1) is 10.1. The van der Waals surface area contributed by atoms with Crippen LogP contribution in [0.5, 0.6) is 0 Å². The van der Waals surface area contributed by atoms with Crippen molar-refractivity contribution in [2.24, 2.45) is 0 Å². The normalized spacial score (nSPS) is 16.9. The van der Waals surface area contributed by atoms with Crippen molar-refractivity contribution in [3.8, 4) is 0 Å². The fourth-order valence-electron chi connectivity index (χ4n) is 2.09. The highest BCUT2D eigenvalue weighted by Gasteiger charge is 2.15. The molecule has 3 rings (SSSR count). The summed E-state index contributed by atoms with van der Waals surface area (Å²) in [4.78, 5) is 2.32. The van der Waals surface area contributed by atoms with Crippen molar-refractivity contribution in [2.45, 2.75) is 0 Å². The van der Waals surface area contributed by atoms with Crippen LogP contribution in [0.4, 0.5) is 5.82 Å². The molecule has 0 bridgehead atoms. The van der Waals surface area contributed by atoms with Gasteiger partial charge in [-0.05, 0) is 18.2 Å². The lowest BCUT2D eigenvalue weighted by atomic mass is 10.2.